The predicted octanol–water partition coefficient (Wildman–Crippen LogP) is 1.79. The Kier molecular flexibility index (Phi) is 5.61. The Morgan fingerprint density at radius 3 is 2.50 bits per heavy atom. The van der Waals surface area contributed by atoms with Crippen LogP contribution in [-0.2, 0) is 23.7 Å². The second-order valence-electron chi connectivity index (χ2n) is 13.9. The van der Waals surface area contributed by atoms with Gasteiger partial charge in [0.05, 0.1) is 23.9 Å². The molecule has 0 aromatic carbocycles. The van der Waals surface area contributed by atoms with Crippen molar-refractivity contribution in [1.29, 1.82) is 0 Å². The molecule has 3 aliphatic heterocycles. The van der Waals surface area contributed by atoms with Gasteiger partial charge in [0.15, 0.2) is 0 Å². The lowest BCUT2D eigenvalue weighted by Crippen LogP contribution is -2.73. The zero-order chi connectivity index (χ0) is 26.8. The topological polar surface area (TPSA) is 135 Å². The van der Waals surface area contributed by atoms with Gasteiger partial charge in [-0.05, 0) is 93.0 Å². The van der Waals surface area contributed by atoms with Crippen LogP contribution in [0.4, 0.5) is 0 Å². The minimum Gasteiger partial charge on any atom is -0.458 e. The van der Waals surface area contributed by atoms with Gasteiger partial charge in [-0.2, -0.15) is 0 Å². The Labute approximate surface area is 223 Å². The Hall–Kier alpha value is -1.07. The fourth-order valence-corrected chi connectivity index (χ4v) is 10.3. The van der Waals surface area contributed by atoms with Crippen LogP contribution in [0.25, 0.3) is 0 Å². The van der Waals surface area contributed by atoms with Crippen molar-refractivity contribution < 1.29 is 44.2 Å². The third kappa shape index (κ3) is 3.21. The average Bonchev–Trinajstić information content (AvgIpc) is 3.41. The van der Waals surface area contributed by atoms with Crippen molar-refractivity contribution >= 4 is 5.97 Å². The summed E-state index contributed by atoms with van der Waals surface area (Å²) in [7, 11) is 0. The number of aliphatic hydroxyl groups excluding tert-OH is 2. The van der Waals surface area contributed by atoms with E-state index in [0.29, 0.717) is 24.9 Å². The summed E-state index contributed by atoms with van der Waals surface area (Å²) < 4.78 is 23.5. The van der Waals surface area contributed by atoms with Gasteiger partial charge in [0.1, 0.15) is 18.8 Å². The van der Waals surface area contributed by atoms with Gasteiger partial charge in [-0.15, -0.1) is 0 Å². The molecule has 3 heterocycles. The molecular weight excluding hydrogens is 492 g/mol. The van der Waals surface area contributed by atoms with Gasteiger partial charge >= 0.3 is 5.97 Å². The highest BCUT2D eigenvalue weighted by molar-refractivity contribution is 5.85. The van der Waals surface area contributed by atoms with E-state index in [-0.39, 0.29) is 34.7 Å². The van der Waals surface area contributed by atoms with E-state index in [0.717, 1.165) is 50.5 Å². The van der Waals surface area contributed by atoms with Crippen LogP contribution in [0.3, 0.4) is 0 Å². The van der Waals surface area contributed by atoms with Crippen molar-refractivity contribution in [3.63, 3.8) is 0 Å². The third-order valence-electron chi connectivity index (χ3n) is 12.5. The number of cyclic esters (lactones) is 1. The Bertz CT molecular complexity index is 1050. The molecule has 9 heteroatoms. The predicted molar refractivity (Wildman–Crippen MR) is 132 cm³/mol. The quantitative estimate of drug-likeness (QED) is 0.293. The summed E-state index contributed by atoms with van der Waals surface area (Å²) in [6, 6.07) is 0. The van der Waals surface area contributed by atoms with Gasteiger partial charge in [0.25, 0.3) is 0 Å². The van der Waals surface area contributed by atoms with Crippen LogP contribution >= 0.6 is 0 Å². The van der Waals surface area contributed by atoms with E-state index < -0.39 is 42.1 Å². The first-order valence-electron chi connectivity index (χ1n) is 14.6. The molecule has 4 N–H and O–H groups in total. The van der Waals surface area contributed by atoms with Crippen LogP contribution in [-0.4, -0.2) is 81.2 Å². The van der Waals surface area contributed by atoms with Crippen molar-refractivity contribution in [3.05, 3.63) is 11.6 Å². The lowest BCUT2D eigenvalue weighted by atomic mass is 9.43. The van der Waals surface area contributed by atoms with Crippen molar-refractivity contribution in [3.8, 4) is 0 Å². The molecule has 4 saturated carbocycles. The fourth-order valence-electron chi connectivity index (χ4n) is 10.3. The second-order valence-corrected chi connectivity index (χ2v) is 13.9. The highest BCUT2D eigenvalue weighted by atomic mass is 16.8. The lowest BCUT2D eigenvalue weighted by molar-refractivity contribution is -0.469. The molecule has 9 nitrogen and oxygen atoms in total. The number of rotatable bonds is 1. The van der Waals surface area contributed by atoms with Crippen LogP contribution in [0.5, 0.6) is 0 Å². The number of ether oxygens (including phenoxy) is 4. The van der Waals surface area contributed by atoms with Gasteiger partial charge in [0, 0.05) is 11.5 Å². The van der Waals surface area contributed by atoms with Gasteiger partial charge in [-0.1, -0.05) is 13.8 Å². The van der Waals surface area contributed by atoms with Crippen molar-refractivity contribution in [1.82, 2.24) is 0 Å². The maximum atomic E-state index is 12.5. The molecule has 0 amide bonds. The summed E-state index contributed by atoms with van der Waals surface area (Å²) in [5.74, 6) is -1.35. The Morgan fingerprint density at radius 1 is 0.974 bits per heavy atom. The number of hydrogen-bond donors (Lipinski definition) is 4. The highest BCUT2D eigenvalue weighted by Crippen LogP contribution is 2.70. The van der Waals surface area contributed by atoms with E-state index in [9.17, 15) is 25.2 Å². The highest BCUT2D eigenvalue weighted by Gasteiger charge is 2.70. The molecule has 212 valence electrons. The van der Waals surface area contributed by atoms with E-state index in [1.54, 1.807) is 13.0 Å². The molecule has 0 spiro atoms. The molecule has 38 heavy (non-hydrogen) atoms. The van der Waals surface area contributed by atoms with E-state index in [2.05, 4.69) is 13.8 Å². The molecule has 2 saturated heterocycles. The summed E-state index contributed by atoms with van der Waals surface area (Å²) in [6.07, 6.45) is 3.16. The molecule has 0 radical (unpaired) electrons. The average molecular weight is 535 g/mol. The van der Waals surface area contributed by atoms with E-state index >= 15 is 0 Å². The van der Waals surface area contributed by atoms with Crippen molar-refractivity contribution in [2.75, 3.05) is 6.61 Å². The first-order chi connectivity index (χ1) is 17.9. The van der Waals surface area contributed by atoms with Gasteiger partial charge in [-0.3, -0.25) is 0 Å². The number of aliphatic hydroxyl groups is 4. The van der Waals surface area contributed by atoms with Crippen LogP contribution in [0.15, 0.2) is 11.6 Å². The van der Waals surface area contributed by atoms with Crippen LogP contribution in [0, 0.1) is 34.5 Å². The molecular formula is C29H42O9. The standard InChI is InChI=1S/C29H42O9/c1-14-23(31)24(32)29(34)25(36-14)37-21-12-26(2)16(11-20(21)38-29)4-5-19-18(26)6-8-27(3)17(7-9-28(19,27)33)15-10-22(30)35-13-15/h10,14,16-21,23-25,31-34H,4-9,11-13H2,1-3H3. The molecule has 7 aliphatic rings. The number of hydrogen-bond acceptors (Lipinski definition) is 9. The number of esters is 1. The molecule has 7 rings (SSSR count). The van der Waals surface area contributed by atoms with Gasteiger partial charge in [-0.25, -0.2) is 4.79 Å². The summed E-state index contributed by atoms with van der Waals surface area (Å²) in [5.41, 5.74) is -0.0911. The van der Waals surface area contributed by atoms with Crippen LogP contribution in [0.2, 0.25) is 0 Å². The summed E-state index contributed by atoms with van der Waals surface area (Å²) in [4.78, 5) is 11.8. The first kappa shape index (κ1) is 25.9. The molecule has 0 aromatic heterocycles. The second kappa shape index (κ2) is 8.24. The largest absolute Gasteiger partial charge is 0.458 e. The minimum absolute atomic E-state index is 0.0673. The maximum absolute atomic E-state index is 12.5. The normalized spacial score (nSPS) is 59.6. The van der Waals surface area contributed by atoms with Crippen molar-refractivity contribution in [2.24, 2.45) is 34.5 Å². The number of carbonyl (C=O) groups excluding carboxylic acids is 1. The molecule has 0 bridgehead atoms. The van der Waals surface area contributed by atoms with E-state index in [4.69, 9.17) is 18.9 Å². The van der Waals surface area contributed by atoms with Gasteiger partial charge < -0.3 is 39.4 Å². The minimum atomic E-state index is -2.10. The molecule has 4 aliphatic carbocycles. The lowest BCUT2D eigenvalue weighted by Gasteiger charge is -2.65. The Morgan fingerprint density at radius 2 is 1.76 bits per heavy atom. The van der Waals surface area contributed by atoms with Crippen LogP contribution in [0.1, 0.15) is 72.1 Å². The molecule has 6 fully saturated rings. The van der Waals surface area contributed by atoms with Gasteiger partial charge in [0.2, 0.25) is 12.1 Å². The SMILES string of the molecule is CC1OC2OC3CC4(C)C(CCC5C4CCC4(C)C(C6=CC(=O)OC6)CCC54O)CC3OC2(O)C(O)C1O. The summed E-state index contributed by atoms with van der Waals surface area (Å²) >= 11 is 0. The summed E-state index contributed by atoms with van der Waals surface area (Å²) in [5, 5.41) is 44.6. The fraction of sp³-hybridized carbons (Fsp3) is 0.897. The molecule has 14 unspecified atom stereocenters. The van der Waals surface area contributed by atoms with Crippen molar-refractivity contribution in [2.45, 2.75) is 120 Å². The van der Waals surface area contributed by atoms with E-state index in [1.165, 1.54) is 0 Å². The molecule has 14 atom stereocenters. The number of carbonyl (C=O) groups is 1. The van der Waals surface area contributed by atoms with Crippen LogP contribution < -0.4 is 0 Å². The summed E-state index contributed by atoms with van der Waals surface area (Å²) in [6.45, 7) is 6.58. The Balaban J connectivity index is 1.15. The maximum Gasteiger partial charge on any atom is 0.331 e. The number of fused-ring (bicyclic) bond motifs is 7. The third-order valence-corrected chi connectivity index (χ3v) is 12.5. The zero-order valence-electron chi connectivity index (χ0n) is 22.5. The van der Waals surface area contributed by atoms with E-state index in [1.807, 2.05) is 0 Å². The first-order valence-corrected chi connectivity index (χ1v) is 14.6. The monoisotopic (exact) mass is 534 g/mol. The molecule has 0 aromatic rings. The smallest absolute Gasteiger partial charge is 0.331 e. The zero-order valence-corrected chi connectivity index (χ0v) is 22.5.